The van der Waals surface area contributed by atoms with E-state index in [0.29, 0.717) is 0 Å². The molecule has 3 heteroatoms. The first-order valence-corrected chi connectivity index (χ1v) is 5.64. The summed E-state index contributed by atoms with van der Waals surface area (Å²) in [5.41, 5.74) is 2.05. The Bertz CT molecular complexity index is 446. The summed E-state index contributed by atoms with van der Waals surface area (Å²) in [6.07, 6.45) is 2.70. The second-order valence-electron chi connectivity index (χ2n) is 3.93. The molecular formula is C13H17NO2. The Morgan fingerprint density at radius 2 is 2.19 bits per heavy atom. The van der Waals surface area contributed by atoms with E-state index in [1.807, 2.05) is 18.2 Å². The van der Waals surface area contributed by atoms with Crippen molar-refractivity contribution in [3.05, 3.63) is 36.1 Å². The minimum atomic E-state index is 0.161. The van der Waals surface area contributed by atoms with Crippen molar-refractivity contribution in [3.8, 4) is 0 Å². The monoisotopic (exact) mass is 219 g/mol. The van der Waals surface area contributed by atoms with Crippen molar-refractivity contribution < 1.29 is 9.52 Å². The molecule has 0 aliphatic heterocycles. The van der Waals surface area contributed by atoms with Crippen LogP contribution in [0.2, 0.25) is 0 Å². The van der Waals surface area contributed by atoms with E-state index in [0.717, 1.165) is 29.5 Å². The number of hydrogen-bond acceptors (Lipinski definition) is 3. The summed E-state index contributed by atoms with van der Waals surface area (Å²) in [6.45, 7) is 2.96. The molecule has 3 nitrogen and oxygen atoms in total. The lowest BCUT2D eigenvalue weighted by molar-refractivity contribution is 0.238. The molecule has 86 valence electrons. The lowest BCUT2D eigenvalue weighted by atomic mass is 10.1. The van der Waals surface area contributed by atoms with E-state index in [2.05, 4.69) is 18.3 Å². The highest BCUT2D eigenvalue weighted by Crippen LogP contribution is 2.20. The third-order valence-corrected chi connectivity index (χ3v) is 2.86. The van der Waals surface area contributed by atoms with Gasteiger partial charge in [-0.15, -0.1) is 0 Å². The third-order valence-electron chi connectivity index (χ3n) is 2.86. The van der Waals surface area contributed by atoms with Gasteiger partial charge in [0.25, 0.3) is 0 Å². The van der Waals surface area contributed by atoms with E-state index in [-0.39, 0.29) is 12.6 Å². The molecule has 2 rings (SSSR count). The summed E-state index contributed by atoms with van der Waals surface area (Å²) in [5.74, 6) is 0. The molecule has 0 radical (unpaired) electrons. The summed E-state index contributed by atoms with van der Waals surface area (Å²) in [4.78, 5) is 0. The summed E-state index contributed by atoms with van der Waals surface area (Å²) < 4.78 is 5.45. The maximum Gasteiger partial charge on any atom is 0.134 e. The lowest BCUT2D eigenvalue weighted by Crippen LogP contribution is -2.31. The van der Waals surface area contributed by atoms with E-state index < -0.39 is 0 Å². The summed E-state index contributed by atoms with van der Waals surface area (Å²) in [6, 6.07) is 8.14. The fourth-order valence-electron chi connectivity index (χ4n) is 1.76. The number of para-hydroxylation sites is 1. The Morgan fingerprint density at radius 3 is 2.94 bits per heavy atom. The van der Waals surface area contributed by atoms with Gasteiger partial charge in [-0.2, -0.15) is 0 Å². The number of furan rings is 1. The lowest BCUT2D eigenvalue weighted by Gasteiger charge is -2.12. The maximum atomic E-state index is 9.08. The summed E-state index contributed by atoms with van der Waals surface area (Å²) in [5, 5.41) is 13.5. The summed E-state index contributed by atoms with van der Waals surface area (Å²) in [7, 11) is 0. The number of hydrogen-bond donors (Lipinski definition) is 2. The van der Waals surface area contributed by atoms with Crippen LogP contribution in [0, 0.1) is 0 Å². The first-order valence-electron chi connectivity index (χ1n) is 5.64. The van der Waals surface area contributed by atoms with Crippen LogP contribution in [0.4, 0.5) is 0 Å². The van der Waals surface area contributed by atoms with Crippen LogP contribution in [0.3, 0.4) is 0 Å². The Morgan fingerprint density at radius 1 is 1.38 bits per heavy atom. The molecular weight excluding hydrogens is 202 g/mol. The van der Waals surface area contributed by atoms with Crippen LogP contribution in [0.25, 0.3) is 11.0 Å². The van der Waals surface area contributed by atoms with Gasteiger partial charge in [0.1, 0.15) is 5.58 Å². The predicted molar refractivity (Wildman–Crippen MR) is 64.2 cm³/mol. The SMILES string of the molecule is CC[C@H](CO)NCc1coc2ccccc12. The van der Waals surface area contributed by atoms with Crippen LogP contribution in [-0.4, -0.2) is 17.8 Å². The zero-order valence-corrected chi connectivity index (χ0v) is 9.44. The summed E-state index contributed by atoms with van der Waals surface area (Å²) >= 11 is 0. The van der Waals surface area contributed by atoms with Crippen molar-refractivity contribution in [2.75, 3.05) is 6.61 Å². The zero-order valence-electron chi connectivity index (χ0n) is 9.44. The van der Waals surface area contributed by atoms with Crippen molar-refractivity contribution in [2.24, 2.45) is 0 Å². The van der Waals surface area contributed by atoms with Crippen LogP contribution in [0.15, 0.2) is 34.9 Å². The molecule has 0 spiro atoms. The predicted octanol–water partition coefficient (Wildman–Crippen LogP) is 2.29. The van der Waals surface area contributed by atoms with Gasteiger partial charge in [0.15, 0.2) is 0 Å². The van der Waals surface area contributed by atoms with Crippen LogP contribution in [0.5, 0.6) is 0 Å². The second-order valence-corrected chi connectivity index (χ2v) is 3.93. The van der Waals surface area contributed by atoms with Crippen LogP contribution in [0.1, 0.15) is 18.9 Å². The number of nitrogens with one attached hydrogen (secondary N) is 1. The smallest absolute Gasteiger partial charge is 0.134 e. The zero-order chi connectivity index (χ0) is 11.4. The van der Waals surface area contributed by atoms with E-state index in [9.17, 15) is 0 Å². The molecule has 2 aromatic rings. The van der Waals surface area contributed by atoms with Crippen molar-refractivity contribution >= 4 is 11.0 Å². The molecule has 1 aromatic heterocycles. The van der Waals surface area contributed by atoms with Crippen molar-refractivity contribution in [2.45, 2.75) is 25.9 Å². The van der Waals surface area contributed by atoms with Gasteiger partial charge in [0, 0.05) is 23.5 Å². The third kappa shape index (κ3) is 2.26. The highest BCUT2D eigenvalue weighted by Gasteiger charge is 2.07. The number of aliphatic hydroxyl groups is 1. The van der Waals surface area contributed by atoms with E-state index in [4.69, 9.17) is 9.52 Å². The molecule has 0 fully saturated rings. The van der Waals surface area contributed by atoms with Gasteiger partial charge in [-0.1, -0.05) is 25.1 Å². The Hall–Kier alpha value is -1.32. The van der Waals surface area contributed by atoms with Gasteiger partial charge in [-0.25, -0.2) is 0 Å². The first-order chi connectivity index (χ1) is 7.85. The van der Waals surface area contributed by atoms with Crippen LogP contribution in [-0.2, 0) is 6.54 Å². The van der Waals surface area contributed by atoms with E-state index in [1.165, 1.54) is 0 Å². The van der Waals surface area contributed by atoms with Gasteiger partial charge in [0.05, 0.1) is 12.9 Å². The molecule has 0 aliphatic rings. The molecule has 0 bridgehead atoms. The largest absolute Gasteiger partial charge is 0.464 e. The van der Waals surface area contributed by atoms with Gasteiger partial charge in [0.2, 0.25) is 0 Å². The molecule has 0 saturated carbocycles. The highest BCUT2D eigenvalue weighted by atomic mass is 16.3. The van der Waals surface area contributed by atoms with Gasteiger partial charge in [-0.3, -0.25) is 0 Å². The van der Waals surface area contributed by atoms with Gasteiger partial charge >= 0.3 is 0 Å². The van der Waals surface area contributed by atoms with Crippen LogP contribution < -0.4 is 5.32 Å². The second kappa shape index (κ2) is 5.14. The number of aliphatic hydroxyl groups excluding tert-OH is 1. The van der Waals surface area contributed by atoms with Crippen LogP contribution >= 0.6 is 0 Å². The first kappa shape index (κ1) is 11.2. The molecule has 0 saturated heterocycles. The minimum Gasteiger partial charge on any atom is -0.464 e. The molecule has 0 amide bonds. The number of fused-ring (bicyclic) bond motifs is 1. The fourth-order valence-corrected chi connectivity index (χ4v) is 1.76. The van der Waals surface area contributed by atoms with E-state index >= 15 is 0 Å². The molecule has 0 unspecified atom stereocenters. The highest BCUT2D eigenvalue weighted by molar-refractivity contribution is 5.80. The van der Waals surface area contributed by atoms with Crippen molar-refractivity contribution in [1.29, 1.82) is 0 Å². The molecule has 2 N–H and O–H groups in total. The molecule has 0 aliphatic carbocycles. The van der Waals surface area contributed by atoms with E-state index in [1.54, 1.807) is 6.26 Å². The Labute approximate surface area is 95.1 Å². The van der Waals surface area contributed by atoms with Gasteiger partial charge in [-0.05, 0) is 12.5 Å². The molecule has 1 atom stereocenters. The standard InChI is InChI=1S/C13H17NO2/c1-2-11(8-15)14-7-10-9-16-13-6-4-3-5-12(10)13/h3-6,9,11,14-15H,2,7-8H2,1H3/t11-/m1/s1. The van der Waals surface area contributed by atoms with Crippen molar-refractivity contribution in [1.82, 2.24) is 5.32 Å². The maximum absolute atomic E-state index is 9.08. The minimum absolute atomic E-state index is 0.161. The normalized spacial score (nSPS) is 13.1. The quantitative estimate of drug-likeness (QED) is 0.811. The average molecular weight is 219 g/mol. The number of benzene rings is 1. The molecule has 16 heavy (non-hydrogen) atoms. The fraction of sp³-hybridized carbons (Fsp3) is 0.385. The number of rotatable bonds is 5. The molecule has 1 heterocycles. The Balaban J connectivity index is 2.09. The topological polar surface area (TPSA) is 45.4 Å². The average Bonchev–Trinajstić information content (AvgIpc) is 2.74. The molecule has 1 aromatic carbocycles. The van der Waals surface area contributed by atoms with Crippen molar-refractivity contribution in [3.63, 3.8) is 0 Å². The Kier molecular flexibility index (Phi) is 3.59. The van der Waals surface area contributed by atoms with Gasteiger partial charge < -0.3 is 14.8 Å².